The second-order valence-corrected chi connectivity index (χ2v) is 8.12. The van der Waals surface area contributed by atoms with Crippen LogP contribution >= 0.6 is 11.8 Å². The molecule has 166 valence electrons. The average Bonchev–Trinajstić information content (AvgIpc) is 3.37. The Kier molecular flexibility index (Phi) is 6.40. The lowest BCUT2D eigenvalue weighted by atomic mass is 10.2. The normalized spacial score (nSPS) is 12.3. The Balaban J connectivity index is 1.46. The van der Waals surface area contributed by atoms with Gasteiger partial charge in [0.1, 0.15) is 18.1 Å². The number of carbonyl (C=O) groups excluding carboxylic acids is 2. The van der Waals surface area contributed by atoms with E-state index in [1.807, 2.05) is 24.3 Å². The van der Waals surface area contributed by atoms with Crippen LogP contribution in [0.15, 0.2) is 42.5 Å². The third-order valence-corrected chi connectivity index (χ3v) is 5.95. The van der Waals surface area contributed by atoms with Crippen molar-refractivity contribution < 1.29 is 23.1 Å². The van der Waals surface area contributed by atoms with Gasteiger partial charge in [-0.15, -0.1) is 0 Å². The maximum absolute atomic E-state index is 13.5. The van der Waals surface area contributed by atoms with Crippen LogP contribution in [0.25, 0.3) is 0 Å². The molecule has 3 aromatic rings. The average molecular weight is 458 g/mol. The third kappa shape index (κ3) is 4.75. The number of nitrogens with one attached hydrogen (secondary N) is 2. The largest absolute Gasteiger partial charge is 0.497 e. The molecule has 0 radical (unpaired) electrons. The van der Waals surface area contributed by atoms with Gasteiger partial charge in [-0.05, 0) is 35.9 Å². The standard InChI is InChI=1S/C22H20F2N4O3S/c1-31-15-5-2-13(3-6-15)9-25-20(29)10-28-21(16-11-32-12-19(16)27-28)26-22(30)14-4-7-17(23)18(24)8-14/h2-8H,9-12H2,1H3,(H,25,29)(H,26,30). The van der Waals surface area contributed by atoms with Gasteiger partial charge in [0, 0.05) is 29.2 Å². The predicted molar refractivity (Wildman–Crippen MR) is 116 cm³/mol. The Bertz CT molecular complexity index is 1160. The second kappa shape index (κ2) is 9.39. The fourth-order valence-electron chi connectivity index (χ4n) is 3.27. The molecule has 7 nitrogen and oxygen atoms in total. The van der Waals surface area contributed by atoms with Crippen LogP contribution in [0.5, 0.6) is 5.75 Å². The number of methoxy groups -OCH3 is 1. The van der Waals surface area contributed by atoms with E-state index in [0.29, 0.717) is 23.9 Å². The van der Waals surface area contributed by atoms with Crippen LogP contribution in [0.1, 0.15) is 27.2 Å². The second-order valence-electron chi connectivity index (χ2n) is 7.13. The Morgan fingerprint density at radius 3 is 2.62 bits per heavy atom. The zero-order valence-electron chi connectivity index (χ0n) is 17.2. The number of amides is 2. The highest BCUT2D eigenvalue weighted by atomic mass is 32.2. The van der Waals surface area contributed by atoms with E-state index in [-0.39, 0.29) is 18.0 Å². The first-order valence-corrected chi connectivity index (χ1v) is 10.9. The Morgan fingerprint density at radius 1 is 1.12 bits per heavy atom. The minimum absolute atomic E-state index is 0.0278. The highest BCUT2D eigenvalue weighted by Gasteiger charge is 2.25. The Labute approximate surface area is 187 Å². The van der Waals surface area contributed by atoms with Crippen molar-refractivity contribution in [1.29, 1.82) is 0 Å². The van der Waals surface area contributed by atoms with Gasteiger partial charge in [0.05, 0.1) is 12.8 Å². The molecule has 2 N–H and O–H groups in total. The van der Waals surface area contributed by atoms with E-state index < -0.39 is 17.5 Å². The Morgan fingerprint density at radius 2 is 1.91 bits per heavy atom. The fourth-order valence-corrected chi connectivity index (χ4v) is 4.31. The van der Waals surface area contributed by atoms with Crippen LogP contribution in [0.2, 0.25) is 0 Å². The van der Waals surface area contributed by atoms with Crippen LogP contribution in [0.4, 0.5) is 14.6 Å². The molecular weight excluding hydrogens is 438 g/mol. The van der Waals surface area contributed by atoms with E-state index in [0.717, 1.165) is 34.7 Å². The lowest BCUT2D eigenvalue weighted by Crippen LogP contribution is -2.28. The van der Waals surface area contributed by atoms with Gasteiger partial charge in [0.15, 0.2) is 11.6 Å². The van der Waals surface area contributed by atoms with E-state index in [1.54, 1.807) is 18.9 Å². The first-order valence-electron chi connectivity index (χ1n) is 9.77. The van der Waals surface area contributed by atoms with Crippen molar-refractivity contribution in [2.45, 2.75) is 24.6 Å². The number of aromatic nitrogens is 2. The molecule has 2 amide bonds. The monoisotopic (exact) mass is 458 g/mol. The molecule has 1 aromatic heterocycles. The minimum atomic E-state index is -1.11. The molecule has 0 saturated carbocycles. The Hall–Kier alpha value is -3.40. The fraction of sp³-hybridized carbons (Fsp3) is 0.227. The topological polar surface area (TPSA) is 85.2 Å². The van der Waals surface area contributed by atoms with Crippen molar-refractivity contribution in [2.75, 3.05) is 12.4 Å². The summed E-state index contributed by atoms with van der Waals surface area (Å²) in [4.78, 5) is 25.1. The van der Waals surface area contributed by atoms with Crippen molar-refractivity contribution in [3.63, 3.8) is 0 Å². The lowest BCUT2D eigenvalue weighted by molar-refractivity contribution is -0.122. The molecule has 4 rings (SSSR count). The van der Waals surface area contributed by atoms with Gasteiger partial charge in [0.2, 0.25) is 5.91 Å². The summed E-state index contributed by atoms with van der Waals surface area (Å²) >= 11 is 1.64. The van der Waals surface area contributed by atoms with E-state index in [4.69, 9.17) is 4.74 Å². The molecule has 1 aliphatic rings. The molecule has 0 saturated heterocycles. The van der Waals surface area contributed by atoms with Crippen LogP contribution in [-0.2, 0) is 29.4 Å². The molecule has 10 heteroatoms. The first kappa shape index (κ1) is 21.8. The number of fused-ring (bicyclic) bond motifs is 1. The summed E-state index contributed by atoms with van der Waals surface area (Å²) in [5.41, 5.74) is 2.50. The third-order valence-electron chi connectivity index (χ3n) is 4.97. The highest BCUT2D eigenvalue weighted by molar-refractivity contribution is 7.98. The zero-order chi connectivity index (χ0) is 22.7. The first-order chi connectivity index (χ1) is 15.4. The SMILES string of the molecule is COc1ccc(CNC(=O)Cn2nc3c(c2NC(=O)c2ccc(F)c(F)c2)CSC3)cc1. The number of carbonyl (C=O) groups is 2. The number of thioether (sulfide) groups is 1. The molecule has 32 heavy (non-hydrogen) atoms. The van der Waals surface area contributed by atoms with E-state index in [9.17, 15) is 18.4 Å². The highest BCUT2D eigenvalue weighted by Crippen LogP contribution is 2.35. The molecule has 0 unspecified atom stereocenters. The number of ether oxygens (including phenoxy) is 1. The van der Waals surface area contributed by atoms with Crippen LogP contribution < -0.4 is 15.4 Å². The summed E-state index contributed by atoms with van der Waals surface area (Å²) in [6.45, 7) is 0.234. The molecule has 1 aliphatic heterocycles. The lowest BCUT2D eigenvalue weighted by Gasteiger charge is -2.12. The molecule has 0 bridgehead atoms. The van der Waals surface area contributed by atoms with Crippen molar-refractivity contribution in [1.82, 2.24) is 15.1 Å². The molecule has 0 aliphatic carbocycles. The van der Waals surface area contributed by atoms with Crippen molar-refractivity contribution in [3.8, 4) is 5.75 Å². The molecule has 0 spiro atoms. The molecular formula is C22H20F2N4O3S. The van der Waals surface area contributed by atoms with Gasteiger partial charge in [-0.2, -0.15) is 16.9 Å². The van der Waals surface area contributed by atoms with Crippen LogP contribution in [0.3, 0.4) is 0 Å². The van der Waals surface area contributed by atoms with Crippen molar-refractivity contribution >= 4 is 29.4 Å². The summed E-state index contributed by atoms with van der Waals surface area (Å²) in [6.07, 6.45) is 0. The number of benzene rings is 2. The van der Waals surface area contributed by atoms with Gasteiger partial charge in [-0.25, -0.2) is 13.5 Å². The smallest absolute Gasteiger partial charge is 0.256 e. The van der Waals surface area contributed by atoms with Gasteiger partial charge in [0.25, 0.3) is 5.91 Å². The molecule has 2 heterocycles. The maximum Gasteiger partial charge on any atom is 0.256 e. The van der Waals surface area contributed by atoms with Crippen molar-refractivity contribution in [3.05, 3.63) is 76.5 Å². The van der Waals surface area contributed by atoms with Crippen LogP contribution in [0, 0.1) is 11.6 Å². The maximum atomic E-state index is 13.5. The summed E-state index contributed by atoms with van der Waals surface area (Å²) < 4.78 is 33.3. The zero-order valence-corrected chi connectivity index (χ0v) is 18.0. The molecule has 0 atom stereocenters. The summed E-state index contributed by atoms with van der Waals surface area (Å²) in [5.74, 6) is -0.603. The van der Waals surface area contributed by atoms with Crippen molar-refractivity contribution in [2.24, 2.45) is 0 Å². The number of nitrogens with zero attached hydrogens (tertiary/aromatic N) is 2. The van der Waals surface area contributed by atoms with Gasteiger partial charge < -0.3 is 15.4 Å². The van der Waals surface area contributed by atoms with E-state index >= 15 is 0 Å². The number of hydrogen-bond donors (Lipinski definition) is 2. The number of anilines is 1. The van der Waals surface area contributed by atoms with Crippen LogP contribution in [-0.4, -0.2) is 28.7 Å². The predicted octanol–water partition coefficient (Wildman–Crippen LogP) is 3.49. The molecule has 2 aromatic carbocycles. The quantitative estimate of drug-likeness (QED) is 0.566. The van der Waals surface area contributed by atoms with Gasteiger partial charge in [-0.1, -0.05) is 12.1 Å². The van der Waals surface area contributed by atoms with Gasteiger partial charge >= 0.3 is 0 Å². The summed E-state index contributed by atoms with van der Waals surface area (Å²) in [7, 11) is 1.58. The number of halogens is 2. The van der Waals surface area contributed by atoms with E-state index in [1.165, 1.54) is 10.7 Å². The number of hydrogen-bond acceptors (Lipinski definition) is 5. The molecule has 0 fully saturated rings. The van der Waals surface area contributed by atoms with Gasteiger partial charge in [-0.3, -0.25) is 9.59 Å². The van der Waals surface area contributed by atoms with E-state index in [2.05, 4.69) is 15.7 Å². The summed E-state index contributed by atoms with van der Waals surface area (Å²) in [6, 6.07) is 10.3. The minimum Gasteiger partial charge on any atom is -0.497 e. The summed E-state index contributed by atoms with van der Waals surface area (Å²) in [5, 5.41) is 9.99. The number of rotatable bonds is 7.